The van der Waals surface area contributed by atoms with E-state index < -0.39 is 11.9 Å². The van der Waals surface area contributed by atoms with Gasteiger partial charge in [-0.1, -0.05) is 123 Å². The van der Waals surface area contributed by atoms with Crippen LogP contribution in [0.3, 0.4) is 0 Å². The van der Waals surface area contributed by atoms with E-state index in [1.165, 1.54) is 77.0 Å². The van der Waals surface area contributed by atoms with E-state index in [1.807, 2.05) is 20.8 Å². The number of esters is 2. The van der Waals surface area contributed by atoms with Crippen molar-refractivity contribution in [3.05, 3.63) is 35.4 Å². The summed E-state index contributed by atoms with van der Waals surface area (Å²) in [6.45, 7) is 8.71. The van der Waals surface area contributed by atoms with Crippen LogP contribution in [0.4, 0.5) is 0 Å². The second kappa shape index (κ2) is 19.5. The maximum absolute atomic E-state index is 12.6. The Morgan fingerprint density at radius 1 is 0.676 bits per heavy atom. The van der Waals surface area contributed by atoms with E-state index in [-0.39, 0.29) is 23.1 Å². The highest BCUT2D eigenvalue weighted by Crippen LogP contribution is 2.18. The van der Waals surface area contributed by atoms with Gasteiger partial charge >= 0.3 is 11.9 Å². The minimum absolute atomic E-state index is 0.160. The molecule has 0 N–H and O–H groups in total. The third-order valence-corrected chi connectivity index (χ3v) is 6.50. The van der Waals surface area contributed by atoms with Crippen LogP contribution in [-0.4, -0.2) is 24.6 Å². The quantitative estimate of drug-likeness (QED) is 0.140. The predicted molar refractivity (Wildman–Crippen MR) is 141 cm³/mol. The highest BCUT2D eigenvalue weighted by atomic mass is 16.5. The summed E-state index contributed by atoms with van der Waals surface area (Å²) in [6.07, 6.45) is 18.7. The van der Waals surface area contributed by atoms with Crippen molar-refractivity contribution in [1.29, 1.82) is 0 Å². The Morgan fingerprint density at radius 3 is 1.56 bits per heavy atom. The van der Waals surface area contributed by atoms with E-state index >= 15 is 0 Å². The average molecular weight is 475 g/mol. The molecule has 0 aliphatic rings. The van der Waals surface area contributed by atoms with Gasteiger partial charge in [-0.15, -0.1) is 0 Å². The van der Waals surface area contributed by atoms with Gasteiger partial charge in [0.2, 0.25) is 0 Å². The Hall–Kier alpha value is -1.84. The molecule has 0 aliphatic carbocycles. The number of rotatable bonds is 20. The molecular formula is C30H50O4. The topological polar surface area (TPSA) is 52.6 Å². The van der Waals surface area contributed by atoms with Gasteiger partial charge in [0.05, 0.1) is 17.7 Å². The molecule has 1 unspecified atom stereocenters. The lowest BCUT2D eigenvalue weighted by atomic mass is 10.0. The summed E-state index contributed by atoms with van der Waals surface area (Å²) in [4.78, 5) is 25.2. The molecular weight excluding hydrogens is 424 g/mol. The Morgan fingerprint density at radius 2 is 1.12 bits per heavy atom. The van der Waals surface area contributed by atoms with Crippen molar-refractivity contribution in [3.8, 4) is 0 Å². The molecule has 1 aromatic carbocycles. The molecule has 1 rings (SSSR count). The van der Waals surface area contributed by atoms with Gasteiger partial charge in [-0.3, -0.25) is 0 Å². The highest BCUT2D eigenvalue weighted by molar-refractivity contribution is 6.03. The van der Waals surface area contributed by atoms with Gasteiger partial charge in [0, 0.05) is 0 Å². The standard InChI is InChI=1S/C30H50O4/c1-5-7-8-9-10-11-12-13-14-15-16-17-18-21-24-33-29(31)26-22-19-20-23-27(26)30(32)34-28(6-2)25(3)4/h19-20,22-23,25,28H,5-18,21,24H2,1-4H3. The van der Waals surface area contributed by atoms with Crippen molar-refractivity contribution in [2.45, 2.75) is 130 Å². The molecule has 34 heavy (non-hydrogen) atoms. The van der Waals surface area contributed by atoms with Crippen molar-refractivity contribution in [3.63, 3.8) is 0 Å². The lowest BCUT2D eigenvalue weighted by molar-refractivity contribution is 0.0167. The molecule has 0 fully saturated rings. The molecule has 0 saturated heterocycles. The second-order valence-electron chi connectivity index (χ2n) is 9.87. The van der Waals surface area contributed by atoms with Crippen molar-refractivity contribution in [2.24, 2.45) is 5.92 Å². The van der Waals surface area contributed by atoms with E-state index in [9.17, 15) is 9.59 Å². The average Bonchev–Trinajstić information content (AvgIpc) is 2.84. The maximum Gasteiger partial charge on any atom is 0.339 e. The van der Waals surface area contributed by atoms with E-state index in [0.717, 1.165) is 19.3 Å². The summed E-state index contributed by atoms with van der Waals surface area (Å²) in [5.41, 5.74) is 0.573. The van der Waals surface area contributed by atoms with Crippen LogP contribution in [0.25, 0.3) is 0 Å². The predicted octanol–water partition coefficient (Wildman–Crippen LogP) is 8.92. The number of hydrogen-bond donors (Lipinski definition) is 0. The molecule has 4 nitrogen and oxygen atoms in total. The van der Waals surface area contributed by atoms with Crippen LogP contribution in [0.15, 0.2) is 24.3 Å². The molecule has 0 bridgehead atoms. The zero-order valence-corrected chi connectivity index (χ0v) is 22.4. The normalized spacial score (nSPS) is 12.0. The largest absolute Gasteiger partial charge is 0.462 e. The van der Waals surface area contributed by atoms with E-state index in [2.05, 4.69) is 6.92 Å². The van der Waals surface area contributed by atoms with E-state index in [4.69, 9.17) is 9.47 Å². The maximum atomic E-state index is 12.6. The summed E-state index contributed by atoms with van der Waals surface area (Å²) in [5, 5.41) is 0. The van der Waals surface area contributed by atoms with Crippen LogP contribution >= 0.6 is 0 Å². The lowest BCUT2D eigenvalue weighted by Crippen LogP contribution is -2.24. The summed E-state index contributed by atoms with van der Waals surface area (Å²) in [6, 6.07) is 6.77. The molecule has 0 saturated carbocycles. The molecule has 1 atom stereocenters. The van der Waals surface area contributed by atoms with Crippen molar-refractivity contribution >= 4 is 11.9 Å². The zero-order chi connectivity index (χ0) is 25.0. The van der Waals surface area contributed by atoms with Crippen LogP contribution in [0, 0.1) is 5.92 Å². The third-order valence-electron chi connectivity index (χ3n) is 6.50. The van der Waals surface area contributed by atoms with E-state index in [1.54, 1.807) is 24.3 Å². The minimum atomic E-state index is -0.454. The summed E-state index contributed by atoms with van der Waals surface area (Å²) < 4.78 is 11.1. The Bertz CT molecular complexity index is 668. The fourth-order valence-corrected chi connectivity index (χ4v) is 4.27. The molecule has 0 aromatic heterocycles. The van der Waals surface area contributed by atoms with Gasteiger partial charge in [-0.05, 0) is 30.9 Å². The number of carbonyl (C=O) groups is 2. The number of carbonyl (C=O) groups excluding carboxylic acids is 2. The van der Waals surface area contributed by atoms with Gasteiger partial charge in [0.15, 0.2) is 0 Å². The highest BCUT2D eigenvalue weighted by Gasteiger charge is 2.22. The smallest absolute Gasteiger partial charge is 0.339 e. The monoisotopic (exact) mass is 474 g/mol. The third kappa shape index (κ3) is 13.2. The van der Waals surface area contributed by atoms with Crippen LogP contribution in [0.1, 0.15) is 145 Å². The lowest BCUT2D eigenvalue weighted by Gasteiger charge is -2.20. The Kier molecular flexibility index (Phi) is 17.3. The number of hydrogen-bond acceptors (Lipinski definition) is 4. The Balaban J connectivity index is 2.17. The first-order valence-electron chi connectivity index (χ1n) is 14.0. The molecule has 0 aliphatic heterocycles. The van der Waals surface area contributed by atoms with Gasteiger partial charge in [-0.2, -0.15) is 0 Å². The fraction of sp³-hybridized carbons (Fsp3) is 0.733. The number of unbranched alkanes of at least 4 members (excludes halogenated alkanes) is 13. The molecule has 0 amide bonds. The minimum Gasteiger partial charge on any atom is -0.462 e. The molecule has 0 heterocycles. The fourth-order valence-electron chi connectivity index (χ4n) is 4.27. The first-order valence-corrected chi connectivity index (χ1v) is 14.0. The second-order valence-corrected chi connectivity index (χ2v) is 9.87. The van der Waals surface area contributed by atoms with Crippen LogP contribution in [-0.2, 0) is 9.47 Å². The van der Waals surface area contributed by atoms with Gasteiger partial charge in [0.25, 0.3) is 0 Å². The van der Waals surface area contributed by atoms with Gasteiger partial charge in [-0.25, -0.2) is 9.59 Å². The first-order chi connectivity index (χ1) is 16.5. The van der Waals surface area contributed by atoms with Crippen LogP contribution < -0.4 is 0 Å². The van der Waals surface area contributed by atoms with Crippen molar-refractivity contribution in [2.75, 3.05) is 6.61 Å². The summed E-state index contributed by atoms with van der Waals surface area (Å²) in [5.74, 6) is -0.669. The zero-order valence-electron chi connectivity index (χ0n) is 22.4. The molecule has 0 spiro atoms. The molecule has 4 heteroatoms. The van der Waals surface area contributed by atoms with Crippen molar-refractivity contribution < 1.29 is 19.1 Å². The van der Waals surface area contributed by atoms with Crippen LogP contribution in [0.2, 0.25) is 0 Å². The van der Waals surface area contributed by atoms with Gasteiger partial charge in [0.1, 0.15) is 6.10 Å². The SMILES string of the molecule is CCCCCCCCCCCCCCCCOC(=O)c1ccccc1C(=O)OC(CC)C(C)C. The van der Waals surface area contributed by atoms with Crippen LogP contribution in [0.5, 0.6) is 0 Å². The first kappa shape index (κ1) is 30.2. The molecule has 194 valence electrons. The summed E-state index contributed by atoms with van der Waals surface area (Å²) >= 11 is 0. The number of ether oxygens (including phenoxy) is 2. The van der Waals surface area contributed by atoms with Gasteiger partial charge < -0.3 is 9.47 Å². The summed E-state index contributed by atoms with van der Waals surface area (Å²) in [7, 11) is 0. The van der Waals surface area contributed by atoms with E-state index in [0.29, 0.717) is 6.61 Å². The Labute approximate surface area is 209 Å². The molecule has 1 aromatic rings. The molecule has 0 radical (unpaired) electrons. The number of benzene rings is 1. The van der Waals surface area contributed by atoms with Crippen molar-refractivity contribution in [1.82, 2.24) is 0 Å².